The van der Waals surface area contributed by atoms with Gasteiger partial charge in [-0.05, 0) is 43.3 Å². The van der Waals surface area contributed by atoms with Crippen molar-refractivity contribution in [3.63, 3.8) is 0 Å². The minimum absolute atomic E-state index is 0.107. The van der Waals surface area contributed by atoms with Gasteiger partial charge in [0.25, 0.3) is 10.0 Å². The number of anilines is 1. The molecule has 2 aromatic carbocycles. The standard InChI is InChI=1S/C17H13N3O2S/c1-12-10-17(15-4-2-3-5-16(15)19-12)20-23(21,22)14-8-6-13(11-18)7-9-14/h2-10H,1H3,(H,19,20). The summed E-state index contributed by atoms with van der Waals surface area (Å²) in [6.07, 6.45) is 0. The predicted octanol–water partition coefficient (Wildman–Crippen LogP) is 3.22. The fourth-order valence-corrected chi connectivity index (χ4v) is 3.38. The van der Waals surface area contributed by atoms with Crippen LogP contribution in [0.25, 0.3) is 10.9 Å². The van der Waals surface area contributed by atoms with E-state index in [1.165, 1.54) is 24.3 Å². The minimum Gasteiger partial charge on any atom is -0.279 e. The number of aryl methyl sites for hydroxylation is 1. The van der Waals surface area contributed by atoms with E-state index in [2.05, 4.69) is 9.71 Å². The molecule has 0 aliphatic heterocycles. The average molecular weight is 323 g/mol. The molecule has 3 rings (SSSR count). The third kappa shape index (κ3) is 3.00. The Morgan fingerprint density at radius 3 is 2.48 bits per heavy atom. The monoisotopic (exact) mass is 323 g/mol. The van der Waals surface area contributed by atoms with Crippen LogP contribution in [0.4, 0.5) is 5.69 Å². The van der Waals surface area contributed by atoms with Gasteiger partial charge in [-0.1, -0.05) is 18.2 Å². The Morgan fingerprint density at radius 1 is 1.09 bits per heavy atom. The predicted molar refractivity (Wildman–Crippen MR) is 88.4 cm³/mol. The van der Waals surface area contributed by atoms with Crippen molar-refractivity contribution in [3.8, 4) is 6.07 Å². The number of sulfonamides is 1. The maximum atomic E-state index is 12.5. The zero-order valence-corrected chi connectivity index (χ0v) is 13.1. The van der Waals surface area contributed by atoms with E-state index in [-0.39, 0.29) is 4.90 Å². The molecule has 5 nitrogen and oxygen atoms in total. The van der Waals surface area contributed by atoms with Gasteiger partial charge in [0.15, 0.2) is 0 Å². The van der Waals surface area contributed by atoms with E-state index >= 15 is 0 Å². The van der Waals surface area contributed by atoms with E-state index in [0.717, 1.165) is 16.6 Å². The number of para-hydroxylation sites is 1. The summed E-state index contributed by atoms with van der Waals surface area (Å²) in [6.45, 7) is 1.81. The lowest BCUT2D eigenvalue weighted by molar-refractivity contribution is 0.601. The van der Waals surface area contributed by atoms with Gasteiger partial charge in [-0.3, -0.25) is 9.71 Å². The first-order valence-corrected chi connectivity index (χ1v) is 8.37. The third-order valence-electron chi connectivity index (χ3n) is 3.38. The average Bonchev–Trinajstić information content (AvgIpc) is 2.54. The molecule has 114 valence electrons. The Balaban J connectivity index is 2.05. The summed E-state index contributed by atoms with van der Waals surface area (Å²) in [5, 5.41) is 9.53. The lowest BCUT2D eigenvalue weighted by Crippen LogP contribution is -2.13. The second-order valence-electron chi connectivity index (χ2n) is 5.07. The van der Waals surface area contributed by atoms with Gasteiger partial charge in [0.2, 0.25) is 0 Å². The molecule has 0 amide bonds. The summed E-state index contributed by atoms with van der Waals surface area (Å²) >= 11 is 0. The van der Waals surface area contributed by atoms with Gasteiger partial charge in [0.05, 0.1) is 27.7 Å². The molecule has 0 saturated carbocycles. The number of fused-ring (bicyclic) bond motifs is 1. The number of hydrogen-bond donors (Lipinski definition) is 1. The maximum absolute atomic E-state index is 12.5. The molecule has 0 spiro atoms. The third-order valence-corrected chi connectivity index (χ3v) is 4.76. The van der Waals surface area contributed by atoms with Crippen molar-refractivity contribution in [3.05, 3.63) is 65.9 Å². The van der Waals surface area contributed by atoms with Crippen molar-refractivity contribution in [2.24, 2.45) is 0 Å². The van der Waals surface area contributed by atoms with E-state index in [4.69, 9.17) is 5.26 Å². The highest BCUT2D eigenvalue weighted by Gasteiger charge is 2.16. The number of nitrogens with zero attached hydrogens (tertiary/aromatic N) is 2. The molecule has 23 heavy (non-hydrogen) atoms. The van der Waals surface area contributed by atoms with Crippen LogP contribution in [-0.4, -0.2) is 13.4 Å². The molecule has 0 atom stereocenters. The number of aromatic nitrogens is 1. The number of benzene rings is 2. The molecule has 0 radical (unpaired) electrons. The summed E-state index contributed by atoms with van der Waals surface area (Å²) in [7, 11) is -3.73. The number of nitriles is 1. The van der Waals surface area contributed by atoms with Crippen molar-refractivity contribution in [1.82, 2.24) is 4.98 Å². The Kier molecular flexibility index (Phi) is 3.72. The van der Waals surface area contributed by atoms with Crippen LogP contribution in [0.1, 0.15) is 11.3 Å². The smallest absolute Gasteiger partial charge is 0.261 e. The highest BCUT2D eigenvalue weighted by atomic mass is 32.2. The first kappa shape index (κ1) is 15.0. The van der Waals surface area contributed by atoms with Crippen molar-refractivity contribution in [1.29, 1.82) is 5.26 Å². The fourth-order valence-electron chi connectivity index (χ4n) is 2.30. The zero-order valence-electron chi connectivity index (χ0n) is 12.3. The van der Waals surface area contributed by atoms with Crippen LogP contribution in [-0.2, 0) is 10.0 Å². The first-order chi connectivity index (χ1) is 11.0. The second kappa shape index (κ2) is 5.71. The van der Waals surface area contributed by atoms with Gasteiger partial charge in [0.1, 0.15) is 0 Å². The summed E-state index contributed by atoms with van der Waals surface area (Å²) in [4.78, 5) is 4.50. The molecule has 0 unspecified atom stereocenters. The molecule has 1 aromatic heterocycles. The normalized spacial score (nSPS) is 11.1. The van der Waals surface area contributed by atoms with E-state index in [1.807, 2.05) is 37.3 Å². The first-order valence-electron chi connectivity index (χ1n) is 6.89. The van der Waals surface area contributed by atoms with E-state index in [1.54, 1.807) is 6.07 Å². The largest absolute Gasteiger partial charge is 0.279 e. The van der Waals surface area contributed by atoms with Crippen molar-refractivity contribution in [2.75, 3.05) is 4.72 Å². The van der Waals surface area contributed by atoms with Gasteiger partial charge >= 0.3 is 0 Å². The molecule has 3 aromatic rings. The minimum atomic E-state index is -3.73. The lowest BCUT2D eigenvalue weighted by atomic mass is 10.2. The second-order valence-corrected chi connectivity index (χ2v) is 6.75. The Hall–Kier alpha value is -2.91. The van der Waals surface area contributed by atoms with E-state index in [0.29, 0.717) is 11.3 Å². The van der Waals surface area contributed by atoms with Crippen LogP contribution < -0.4 is 4.72 Å². The molecule has 0 aliphatic rings. The van der Waals surface area contributed by atoms with Crippen LogP contribution in [0.5, 0.6) is 0 Å². The van der Waals surface area contributed by atoms with Gasteiger partial charge in [0, 0.05) is 11.1 Å². The molecular formula is C17H13N3O2S. The van der Waals surface area contributed by atoms with Crippen LogP contribution in [0, 0.1) is 18.3 Å². The lowest BCUT2D eigenvalue weighted by Gasteiger charge is -2.11. The topological polar surface area (TPSA) is 82.9 Å². The summed E-state index contributed by atoms with van der Waals surface area (Å²) in [5.41, 5.74) is 2.35. The number of hydrogen-bond acceptors (Lipinski definition) is 4. The quantitative estimate of drug-likeness (QED) is 0.802. The van der Waals surface area contributed by atoms with Gasteiger partial charge in [-0.15, -0.1) is 0 Å². The van der Waals surface area contributed by atoms with Crippen LogP contribution in [0.15, 0.2) is 59.5 Å². The summed E-state index contributed by atoms with van der Waals surface area (Å²) in [5.74, 6) is 0. The van der Waals surface area contributed by atoms with Crippen molar-refractivity contribution in [2.45, 2.75) is 11.8 Å². The molecule has 0 fully saturated rings. The van der Waals surface area contributed by atoms with E-state index in [9.17, 15) is 8.42 Å². The zero-order chi connectivity index (χ0) is 16.4. The molecule has 0 saturated heterocycles. The van der Waals surface area contributed by atoms with E-state index < -0.39 is 10.0 Å². The number of rotatable bonds is 3. The molecule has 0 aliphatic carbocycles. The van der Waals surface area contributed by atoms with Crippen molar-refractivity contribution < 1.29 is 8.42 Å². The fraction of sp³-hybridized carbons (Fsp3) is 0.0588. The summed E-state index contributed by atoms with van der Waals surface area (Å²) in [6, 6.07) is 16.8. The van der Waals surface area contributed by atoms with Crippen molar-refractivity contribution >= 4 is 26.6 Å². The molecule has 6 heteroatoms. The van der Waals surface area contributed by atoms with Crippen LogP contribution >= 0.6 is 0 Å². The van der Waals surface area contributed by atoms with Gasteiger partial charge in [-0.2, -0.15) is 5.26 Å². The Bertz CT molecular complexity index is 1020. The molecular weight excluding hydrogens is 310 g/mol. The van der Waals surface area contributed by atoms with Gasteiger partial charge in [-0.25, -0.2) is 8.42 Å². The molecule has 0 bridgehead atoms. The van der Waals surface area contributed by atoms with Crippen LogP contribution in [0.2, 0.25) is 0 Å². The number of pyridine rings is 1. The Morgan fingerprint density at radius 2 is 1.78 bits per heavy atom. The Labute approximate surface area is 134 Å². The highest BCUT2D eigenvalue weighted by molar-refractivity contribution is 7.92. The highest BCUT2D eigenvalue weighted by Crippen LogP contribution is 2.25. The SMILES string of the molecule is Cc1cc(NS(=O)(=O)c2ccc(C#N)cc2)c2ccccc2n1. The molecule has 1 N–H and O–H groups in total. The maximum Gasteiger partial charge on any atom is 0.261 e. The summed E-state index contributed by atoms with van der Waals surface area (Å²) < 4.78 is 27.7. The molecule has 1 heterocycles. The van der Waals surface area contributed by atoms with Crippen LogP contribution in [0.3, 0.4) is 0 Å². The number of nitrogens with one attached hydrogen (secondary N) is 1. The van der Waals surface area contributed by atoms with Gasteiger partial charge < -0.3 is 0 Å².